The fourth-order valence-electron chi connectivity index (χ4n) is 1.78. The molecule has 0 amide bonds. The van der Waals surface area contributed by atoms with Gasteiger partial charge in [-0.05, 0) is 42.0 Å². The SMILES string of the molecule is O=C(/C=C(\O)c1cc(Cl)ccc1O)/C=C/c1cccc(O)c1. The molecule has 0 aliphatic rings. The number of halogens is 1. The summed E-state index contributed by atoms with van der Waals surface area (Å²) in [7, 11) is 0. The first-order chi connectivity index (χ1) is 10.5. The maximum atomic E-state index is 11.8. The van der Waals surface area contributed by atoms with E-state index in [1.165, 1.54) is 42.5 Å². The van der Waals surface area contributed by atoms with Gasteiger partial charge >= 0.3 is 0 Å². The van der Waals surface area contributed by atoms with Crippen LogP contribution in [0.1, 0.15) is 11.1 Å². The van der Waals surface area contributed by atoms with E-state index in [2.05, 4.69) is 0 Å². The van der Waals surface area contributed by atoms with Crippen LogP contribution >= 0.6 is 11.6 Å². The molecule has 5 heteroatoms. The summed E-state index contributed by atoms with van der Waals surface area (Å²) in [4.78, 5) is 11.8. The van der Waals surface area contributed by atoms with E-state index in [1.54, 1.807) is 12.1 Å². The maximum absolute atomic E-state index is 11.8. The van der Waals surface area contributed by atoms with E-state index in [4.69, 9.17) is 11.6 Å². The van der Waals surface area contributed by atoms with Crippen LogP contribution in [-0.4, -0.2) is 21.1 Å². The van der Waals surface area contributed by atoms with Gasteiger partial charge in [0.05, 0.1) is 5.56 Å². The normalized spacial score (nSPS) is 11.8. The molecule has 2 aromatic rings. The Balaban J connectivity index is 2.18. The van der Waals surface area contributed by atoms with Gasteiger partial charge in [0.25, 0.3) is 0 Å². The molecule has 0 saturated carbocycles. The first-order valence-corrected chi connectivity index (χ1v) is 6.74. The van der Waals surface area contributed by atoms with Crippen molar-refractivity contribution >= 4 is 29.2 Å². The Hall–Kier alpha value is -2.72. The summed E-state index contributed by atoms with van der Waals surface area (Å²) in [5.74, 6) is -0.939. The van der Waals surface area contributed by atoms with Crippen molar-refractivity contribution in [3.8, 4) is 11.5 Å². The van der Waals surface area contributed by atoms with Crippen LogP contribution in [0.2, 0.25) is 5.02 Å². The van der Waals surface area contributed by atoms with E-state index in [-0.39, 0.29) is 22.8 Å². The van der Waals surface area contributed by atoms with Gasteiger partial charge in [-0.3, -0.25) is 4.79 Å². The molecule has 0 bridgehead atoms. The third-order valence-electron chi connectivity index (χ3n) is 2.82. The second kappa shape index (κ2) is 6.83. The van der Waals surface area contributed by atoms with Crippen LogP contribution in [0.3, 0.4) is 0 Å². The van der Waals surface area contributed by atoms with Crippen molar-refractivity contribution in [3.05, 3.63) is 70.8 Å². The van der Waals surface area contributed by atoms with Crippen LogP contribution in [0.4, 0.5) is 0 Å². The molecule has 0 heterocycles. The third kappa shape index (κ3) is 4.14. The molecule has 0 aliphatic heterocycles. The quantitative estimate of drug-likeness (QED) is 0.590. The summed E-state index contributed by atoms with van der Waals surface area (Å²) in [6.07, 6.45) is 3.72. The van der Waals surface area contributed by atoms with Crippen molar-refractivity contribution in [2.24, 2.45) is 0 Å². The van der Waals surface area contributed by atoms with Crippen LogP contribution in [0, 0.1) is 0 Å². The number of aromatic hydroxyl groups is 2. The minimum Gasteiger partial charge on any atom is -0.508 e. The molecule has 0 unspecified atom stereocenters. The van der Waals surface area contributed by atoms with Crippen molar-refractivity contribution in [2.75, 3.05) is 0 Å². The minimum absolute atomic E-state index is 0.0756. The van der Waals surface area contributed by atoms with E-state index in [0.29, 0.717) is 10.6 Å². The van der Waals surface area contributed by atoms with E-state index < -0.39 is 5.78 Å². The topological polar surface area (TPSA) is 77.8 Å². The number of benzene rings is 2. The van der Waals surface area contributed by atoms with Crippen molar-refractivity contribution in [1.82, 2.24) is 0 Å². The molecule has 2 rings (SSSR count). The lowest BCUT2D eigenvalue weighted by molar-refractivity contribution is -0.110. The highest BCUT2D eigenvalue weighted by molar-refractivity contribution is 6.30. The number of ketones is 1. The molecule has 4 nitrogen and oxygen atoms in total. The summed E-state index contributed by atoms with van der Waals surface area (Å²) in [6.45, 7) is 0. The molecule has 22 heavy (non-hydrogen) atoms. The molecule has 0 aromatic heterocycles. The fourth-order valence-corrected chi connectivity index (χ4v) is 1.95. The van der Waals surface area contributed by atoms with Gasteiger partial charge in [-0.25, -0.2) is 0 Å². The zero-order valence-electron chi connectivity index (χ0n) is 11.4. The van der Waals surface area contributed by atoms with E-state index in [9.17, 15) is 20.1 Å². The summed E-state index contributed by atoms with van der Waals surface area (Å²) in [5, 5.41) is 29.2. The van der Waals surface area contributed by atoms with Gasteiger partial charge in [-0.2, -0.15) is 0 Å². The number of phenolic OH excluding ortho intramolecular Hbond substituents is 2. The average molecular weight is 317 g/mol. The lowest BCUT2D eigenvalue weighted by Crippen LogP contribution is -1.91. The highest BCUT2D eigenvalue weighted by atomic mass is 35.5. The molecule has 2 aromatic carbocycles. The van der Waals surface area contributed by atoms with Gasteiger partial charge in [-0.15, -0.1) is 0 Å². The number of phenols is 2. The summed E-state index contributed by atoms with van der Waals surface area (Å²) < 4.78 is 0. The maximum Gasteiger partial charge on any atom is 0.182 e. The van der Waals surface area contributed by atoms with E-state index >= 15 is 0 Å². The predicted molar refractivity (Wildman–Crippen MR) is 85.9 cm³/mol. The lowest BCUT2D eigenvalue weighted by Gasteiger charge is -2.03. The first kappa shape index (κ1) is 15.7. The summed E-state index contributed by atoms with van der Waals surface area (Å²) in [5.41, 5.74) is 0.721. The van der Waals surface area contributed by atoms with Crippen LogP contribution < -0.4 is 0 Å². The van der Waals surface area contributed by atoms with Crippen molar-refractivity contribution in [2.45, 2.75) is 0 Å². The standard InChI is InChI=1S/C17H13ClO4/c18-12-5-7-16(21)15(9-12)17(22)10-14(20)6-4-11-2-1-3-13(19)8-11/h1-10,19,21-22H/b6-4+,17-10-. The summed E-state index contributed by atoms with van der Waals surface area (Å²) in [6, 6.07) is 10.5. The third-order valence-corrected chi connectivity index (χ3v) is 3.06. The average Bonchev–Trinajstić information content (AvgIpc) is 2.47. The van der Waals surface area contributed by atoms with Gasteiger partial charge in [0.15, 0.2) is 5.78 Å². The Morgan fingerprint density at radius 3 is 2.59 bits per heavy atom. The van der Waals surface area contributed by atoms with Crippen LogP contribution in [-0.2, 0) is 4.79 Å². The number of allylic oxidation sites excluding steroid dienone is 2. The van der Waals surface area contributed by atoms with Crippen LogP contribution in [0.15, 0.2) is 54.6 Å². The molecular weight excluding hydrogens is 304 g/mol. The second-order valence-electron chi connectivity index (χ2n) is 4.52. The Morgan fingerprint density at radius 1 is 1.09 bits per heavy atom. The van der Waals surface area contributed by atoms with Crippen molar-refractivity contribution in [1.29, 1.82) is 0 Å². The zero-order chi connectivity index (χ0) is 16.1. The Morgan fingerprint density at radius 2 is 1.86 bits per heavy atom. The van der Waals surface area contributed by atoms with Gasteiger partial charge in [0, 0.05) is 11.1 Å². The van der Waals surface area contributed by atoms with Gasteiger partial charge in [-0.1, -0.05) is 29.8 Å². The number of hydrogen-bond donors (Lipinski definition) is 3. The second-order valence-corrected chi connectivity index (χ2v) is 4.96. The molecule has 3 N–H and O–H groups in total. The first-order valence-electron chi connectivity index (χ1n) is 6.36. The van der Waals surface area contributed by atoms with Crippen LogP contribution in [0.5, 0.6) is 11.5 Å². The van der Waals surface area contributed by atoms with Crippen LogP contribution in [0.25, 0.3) is 11.8 Å². The molecule has 0 fully saturated rings. The minimum atomic E-state index is -0.472. The number of hydrogen-bond acceptors (Lipinski definition) is 4. The molecule has 0 spiro atoms. The highest BCUT2D eigenvalue weighted by Crippen LogP contribution is 2.26. The van der Waals surface area contributed by atoms with Crippen molar-refractivity contribution < 1.29 is 20.1 Å². The zero-order valence-corrected chi connectivity index (χ0v) is 12.2. The Bertz CT molecular complexity index is 763. The number of aliphatic hydroxyl groups excluding tert-OH is 1. The number of carbonyl (C=O) groups is 1. The van der Waals surface area contributed by atoms with E-state index in [1.807, 2.05) is 0 Å². The smallest absolute Gasteiger partial charge is 0.182 e. The van der Waals surface area contributed by atoms with Gasteiger partial charge in [0.2, 0.25) is 0 Å². The Labute approximate surface area is 132 Å². The van der Waals surface area contributed by atoms with Gasteiger partial charge in [0.1, 0.15) is 17.3 Å². The predicted octanol–water partition coefficient (Wildman–Crippen LogP) is 3.93. The number of aliphatic hydroxyl groups is 1. The molecule has 112 valence electrons. The Kier molecular flexibility index (Phi) is 4.86. The molecule has 0 atom stereocenters. The largest absolute Gasteiger partial charge is 0.508 e. The lowest BCUT2D eigenvalue weighted by atomic mass is 10.1. The summed E-state index contributed by atoms with van der Waals surface area (Å²) >= 11 is 5.78. The van der Waals surface area contributed by atoms with Gasteiger partial charge < -0.3 is 15.3 Å². The molecule has 0 saturated heterocycles. The monoisotopic (exact) mass is 316 g/mol. The molecule has 0 aliphatic carbocycles. The highest BCUT2D eigenvalue weighted by Gasteiger charge is 2.08. The number of carbonyl (C=O) groups excluding carboxylic acids is 1. The fraction of sp³-hybridized carbons (Fsp3) is 0. The molecule has 0 radical (unpaired) electrons. The molecular formula is C17H13ClO4. The number of rotatable bonds is 4. The van der Waals surface area contributed by atoms with E-state index in [0.717, 1.165) is 6.08 Å². The van der Waals surface area contributed by atoms with Crippen molar-refractivity contribution in [3.63, 3.8) is 0 Å².